The van der Waals surface area contributed by atoms with Crippen molar-refractivity contribution in [1.82, 2.24) is 14.9 Å². The Labute approximate surface area is 165 Å². The Morgan fingerprint density at radius 1 is 1.25 bits per heavy atom. The van der Waals surface area contributed by atoms with Crippen LogP contribution in [0.2, 0.25) is 0 Å². The maximum absolute atomic E-state index is 11.8. The van der Waals surface area contributed by atoms with E-state index in [0.717, 1.165) is 30.0 Å². The lowest BCUT2D eigenvalue weighted by molar-refractivity contribution is 0.0763. The van der Waals surface area contributed by atoms with E-state index in [4.69, 9.17) is 5.73 Å². The molecule has 0 aliphatic carbocycles. The first-order valence-corrected chi connectivity index (χ1v) is 9.39. The van der Waals surface area contributed by atoms with Crippen molar-refractivity contribution in [2.24, 2.45) is 0 Å². The first kappa shape index (κ1) is 19.7. The van der Waals surface area contributed by atoms with Gasteiger partial charge in [0.2, 0.25) is 5.95 Å². The molecule has 1 aromatic carbocycles. The fourth-order valence-corrected chi connectivity index (χ4v) is 3.62. The molecule has 2 heterocycles. The molecule has 1 fully saturated rings. The van der Waals surface area contributed by atoms with Gasteiger partial charge < -0.3 is 15.7 Å². The minimum atomic E-state index is -0.895. The van der Waals surface area contributed by atoms with Crippen LogP contribution in [-0.4, -0.2) is 50.7 Å². The maximum atomic E-state index is 11.8. The van der Waals surface area contributed by atoms with E-state index in [0.29, 0.717) is 6.54 Å². The standard InChI is InChI=1S/C21H27N5O2/c1-21(2,3)26(20(27)28)17-11-12-25(14-17)18-13-16(23-19(22)24-18)10-9-15-7-5-4-6-8-15/h4-10,13,17H,11-12,14H2,1-3H3,(H,27,28)(H2,22,23,24)/b10-9+. The van der Waals surface area contributed by atoms with E-state index in [2.05, 4.69) is 14.9 Å². The number of carbonyl (C=O) groups is 1. The Balaban J connectivity index is 1.78. The smallest absolute Gasteiger partial charge is 0.408 e. The molecule has 0 saturated carbocycles. The van der Waals surface area contributed by atoms with Gasteiger partial charge in [0.25, 0.3) is 0 Å². The van der Waals surface area contributed by atoms with Gasteiger partial charge in [0.05, 0.1) is 11.7 Å². The van der Waals surface area contributed by atoms with E-state index < -0.39 is 11.6 Å². The van der Waals surface area contributed by atoms with Crippen LogP contribution in [0.3, 0.4) is 0 Å². The summed E-state index contributed by atoms with van der Waals surface area (Å²) in [6.07, 6.45) is 3.74. The Morgan fingerprint density at radius 3 is 2.61 bits per heavy atom. The first-order valence-electron chi connectivity index (χ1n) is 9.39. The predicted molar refractivity (Wildman–Crippen MR) is 112 cm³/mol. The summed E-state index contributed by atoms with van der Waals surface area (Å²) in [4.78, 5) is 24.0. The minimum absolute atomic E-state index is 0.0861. The highest BCUT2D eigenvalue weighted by atomic mass is 16.4. The molecule has 28 heavy (non-hydrogen) atoms. The number of nitrogens with two attached hydrogens (primary N) is 1. The Hall–Kier alpha value is -3.09. The van der Waals surface area contributed by atoms with Gasteiger partial charge in [-0.25, -0.2) is 9.78 Å². The number of benzene rings is 1. The van der Waals surface area contributed by atoms with Crippen molar-refractivity contribution in [3.63, 3.8) is 0 Å². The van der Waals surface area contributed by atoms with Gasteiger partial charge in [0.1, 0.15) is 5.82 Å². The van der Waals surface area contributed by atoms with Gasteiger partial charge in [-0.2, -0.15) is 4.98 Å². The van der Waals surface area contributed by atoms with Crippen molar-refractivity contribution < 1.29 is 9.90 Å². The zero-order valence-electron chi connectivity index (χ0n) is 16.5. The van der Waals surface area contributed by atoms with Crippen LogP contribution in [0.25, 0.3) is 12.2 Å². The molecule has 7 heteroatoms. The van der Waals surface area contributed by atoms with Crippen LogP contribution in [0.15, 0.2) is 36.4 Å². The number of hydrogen-bond donors (Lipinski definition) is 2. The highest BCUT2D eigenvalue weighted by Gasteiger charge is 2.37. The topological polar surface area (TPSA) is 95.6 Å². The van der Waals surface area contributed by atoms with Gasteiger partial charge in [0, 0.05) is 24.7 Å². The van der Waals surface area contributed by atoms with Crippen LogP contribution >= 0.6 is 0 Å². The molecule has 1 saturated heterocycles. The van der Waals surface area contributed by atoms with Gasteiger partial charge >= 0.3 is 6.09 Å². The summed E-state index contributed by atoms with van der Waals surface area (Å²) in [5.74, 6) is 0.932. The molecule has 1 unspecified atom stereocenters. The van der Waals surface area contributed by atoms with Crippen LogP contribution in [0, 0.1) is 0 Å². The van der Waals surface area contributed by atoms with Crippen LogP contribution < -0.4 is 10.6 Å². The summed E-state index contributed by atoms with van der Waals surface area (Å²) in [6, 6.07) is 11.8. The minimum Gasteiger partial charge on any atom is -0.465 e. The van der Waals surface area contributed by atoms with Crippen molar-refractivity contribution in [2.75, 3.05) is 23.7 Å². The summed E-state index contributed by atoms with van der Waals surface area (Å²) in [7, 11) is 0. The van der Waals surface area contributed by atoms with Gasteiger partial charge in [-0.3, -0.25) is 4.90 Å². The number of anilines is 2. The Morgan fingerprint density at radius 2 is 1.96 bits per heavy atom. The van der Waals surface area contributed by atoms with Crippen LogP contribution in [0.1, 0.15) is 38.4 Å². The Bertz CT molecular complexity index is 861. The van der Waals surface area contributed by atoms with Gasteiger partial charge in [-0.15, -0.1) is 0 Å². The monoisotopic (exact) mass is 381 g/mol. The second-order valence-corrected chi connectivity index (χ2v) is 7.97. The van der Waals surface area contributed by atoms with Gasteiger partial charge in [-0.1, -0.05) is 36.4 Å². The molecule has 1 aliphatic rings. The summed E-state index contributed by atoms with van der Waals surface area (Å²) < 4.78 is 0. The van der Waals surface area contributed by atoms with Crippen molar-refractivity contribution in [1.29, 1.82) is 0 Å². The van der Waals surface area contributed by atoms with Crippen LogP contribution in [0.4, 0.5) is 16.6 Å². The van der Waals surface area contributed by atoms with Gasteiger partial charge in [-0.05, 0) is 38.8 Å². The highest BCUT2D eigenvalue weighted by molar-refractivity contribution is 5.70. The van der Waals surface area contributed by atoms with Crippen LogP contribution in [-0.2, 0) is 0 Å². The third kappa shape index (κ3) is 4.60. The van der Waals surface area contributed by atoms with Gasteiger partial charge in [0.15, 0.2) is 0 Å². The number of nitrogen functional groups attached to an aromatic ring is 1. The number of aromatic nitrogens is 2. The molecule has 0 radical (unpaired) electrons. The normalized spacial score (nSPS) is 17.2. The molecule has 7 nitrogen and oxygen atoms in total. The fraction of sp³-hybridized carbons (Fsp3) is 0.381. The van der Waals surface area contributed by atoms with Crippen molar-refractivity contribution in [3.8, 4) is 0 Å². The largest absolute Gasteiger partial charge is 0.465 e. The number of rotatable bonds is 4. The highest BCUT2D eigenvalue weighted by Crippen LogP contribution is 2.27. The molecule has 1 atom stereocenters. The van der Waals surface area contributed by atoms with E-state index in [1.165, 1.54) is 4.90 Å². The lowest BCUT2D eigenvalue weighted by Crippen LogP contribution is -2.52. The summed E-state index contributed by atoms with van der Waals surface area (Å²) in [6.45, 7) is 7.06. The summed E-state index contributed by atoms with van der Waals surface area (Å²) >= 11 is 0. The third-order valence-electron chi connectivity index (χ3n) is 4.78. The second-order valence-electron chi connectivity index (χ2n) is 7.97. The molecule has 0 spiro atoms. The lowest BCUT2D eigenvalue weighted by Gasteiger charge is -2.37. The molecule has 3 N–H and O–H groups in total. The molecular formula is C21H27N5O2. The molecule has 1 aliphatic heterocycles. The van der Waals surface area contributed by atoms with Crippen LogP contribution in [0.5, 0.6) is 0 Å². The fourth-order valence-electron chi connectivity index (χ4n) is 3.62. The molecule has 2 aromatic rings. The van der Waals surface area contributed by atoms with Crippen molar-refractivity contribution in [3.05, 3.63) is 47.7 Å². The average molecular weight is 381 g/mol. The number of carboxylic acid groups (broad SMARTS) is 1. The number of hydrogen-bond acceptors (Lipinski definition) is 5. The van der Waals surface area contributed by atoms with E-state index in [1.54, 1.807) is 0 Å². The summed E-state index contributed by atoms with van der Waals surface area (Å²) in [5.41, 5.74) is 7.26. The average Bonchev–Trinajstić information content (AvgIpc) is 3.08. The van der Waals surface area contributed by atoms with E-state index in [9.17, 15) is 9.90 Å². The molecule has 3 rings (SSSR count). The zero-order chi connectivity index (χ0) is 20.3. The Kier molecular flexibility index (Phi) is 5.53. The molecule has 1 amide bonds. The SMILES string of the molecule is CC(C)(C)N(C(=O)O)C1CCN(c2cc(/C=C/c3ccccc3)nc(N)n2)C1. The number of nitrogens with zero attached hydrogens (tertiary/aromatic N) is 4. The lowest BCUT2D eigenvalue weighted by atomic mass is 10.0. The van der Waals surface area contributed by atoms with Crippen molar-refractivity contribution in [2.45, 2.75) is 38.8 Å². The quantitative estimate of drug-likeness (QED) is 0.840. The summed E-state index contributed by atoms with van der Waals surface area (Å²) in [5, 5.41) is 9.65. The number of amides is 1. The zero-order valence-corrected chi connectivity index (χ0v) is 16.5. The van der Waals surface area contributed by atoms with E-state index in [1.807, 2.05) is 69.3 Å². The van der Waals surface area contributed by atoms with E-state index in [-0.39, 0.29) is 12.0 Å². The first-order chi connectivity index (χ1) is 13.2. The third-order valence-corrected chi connectivity index (χ3v) is 4.78. The second kappa shape index (κ2) is 7.88. The van der Waals surface area contributed by atoms with E-state index >= 15 is 0 Å². The van der Waals surface area contributed by atoms with Crippen molar-refractivity contribution >= 4 is 30.0 Å². The maximum Gasteiger partial charge on any atom is 0.408 e. The predicted octanol–water partition coefficient (Wildman–Crippen LogP) is 3.59. The molecule has 0 bridgehead atoms. The molecular weight excluding hydrogens is 354 g/mol. The molecule has 148 valence electrons. The molecule has 1 aromatic heterocycles.